The van der Waals surface area contributed by atoms with Gasteiger partial charge in [0.15, 0.2) is 0 Å². The third-order valence-electron chi connectivity index (χ3n) is 7.29. The molecule has 2 aliphatic carbocycles. The van der Waals surface area contributed by atoms with Gasteiger partial charge < -0.3 is 15.8 Å². The first kappa shape index (κ1) is 21.5. The molecular formula is C22H32ClFN2O2. The molecule has 3 fully saturated rings. The zero-order chi connectivity index (χ0) is 18.9. The van der Waals surface area contributed by atoms with Crippen LogP contribution in [0.2, 0.25) is 0 Å². The van der Waals surface area contributed by atoms with Gasteiger partial charge >= 0.3 is 0 Å². The van der Waals surface area contributed by atoms with Crippen LogP contribution in [0, 0.1) is 23.6 Å². The normalized spacial score (nSPS) is 31.5. The van der Waals surface area contributed by atoms with Crippen molar-refractivity contribution in [3.63, 3.8) is 0 Å². The molecule has 156 valence electrons. The molecule has 2 atom stereocenters. The molecule has 4 rings (SSSR count). The minimum Gasteiger partial charge on any atom is -0.381 e. The molecule has 0 spiro atoms. The van der Waals surface area contributed by atoms with Crippen LogP contribution in [0.4, 0.5) is 4.39 Å². The lowest BCUT2D eigenvalue weighted by molar-refractivity contribution is -0.128. The highest BCUT2D eigenvalue weighted by molar-refractivity contribution is 5.85. The van der Waals surface area contributed by atoms with Gasteiger partial charge in [0, 0.05) is 37.1 Å². The van der Waals surface area contributed by atoms with Gasteiger partial charge in [-0.2, -0.15) is 0 Å². The Morgan fingerprint density at radius 1 is 1.14 bits per heavy atom. The van der Waals surface area contributed by atoms with E-state index in [0.29, 0.717) is 31.6 Å². The second kappa shape index (κ2) is 9.10. The minimum atomic E-state index is -0.227. The summed E-state index contributed by atoms with van der Waals surface area (Å²) in [6.07, 6.45) is 7.13. The molecular weight excluding hydrogens is 379 g/mol. The molecule has 1 amide bonds. The van der Waals surface area contributed by atoms with E-state index in [2.05, 4.69) is 5.32 Å². The summed E-state index contributed by atoms with van der Waals surface area (Å²) in [6.45, 7) is 1.95. The van der Waals surface area contributed by atoms with Gasteiger partial charge in [-0.15, -0.1) is 12.4 Å². The van der Waals surface area contributed by atoms with Gasteiger partial charge in [0.2, 0.25) is 5.91 Å². The Balaban J connectivity index is 0.00000225. The quantitative estimate of drug-likeness (QED) is 0.797. The van der Waals surface area contributed by atoms with Gasteiger partial charge in [0.25, 0.3) is 0 Å². The fourth-order valence-electron chi connectivity index (χ4n) is 5.54. The Bertz CT molecular complexity index is 649. The average Bonchev–Trinajstić information content (AvgIpc) is 2.67. The van der Waals surface area contributed by atoms with Crippen LogP contribution in [0.3, 0.4) is 0 Å². The summed E-state index contributed by atoms with van der Waals surface area (Å²) in [5.74, 6) is 1.04. The number of carbonyl (C=O) groups is 1. The fraction of sp³-hybridized carbons (Fsp3) is 0.682. The van der Waals surface area contributed by atoms with Crippen molar-refractivity contribution in [1.29, 1.82) is 0 Å². The predicted octanol–water partition coefficient (Wildman–Crippen LogP) is 3.57. The molecule has 28 heavy (non-hydrogen) atoms. The van der Waals surface area contributed by atoms with E-state index in [1.165, 1.54) is 18.6 Å². The van der Waals surface area contributed by atoms with E-state index in [0.717, 1.165) is 44.1 Å². The van der Waals surface area contributed by atoms with Crippen molar-refractivity contribution in [2.75, 3.05) is 19.8 Å². The van der Waals surface area contributed by atoms with Crippen molar-refractivity contribution in [1.82, 2.24) is 5.32 Å². The number of hydrogen-bond acceptors (Lipinski definition) is 3. The summed E-state index contributed by atoms with van der Waals surface area (Å²) in [6, 6.07) is 7.02. The first-order chi connectivity index (χ1) is 13.1. The van der Waals surface area contributed by atoms with E-state index in [1.54, 1.807) is 0 Å². The number of hydrogen-bond donors (Lipinski definition) is 2. The minimum absolute atomic E-state index is 0. The first-order valence-corrected chi connectivity index (χ1v) is 10.4. The zero-order valence-corrected chi connectivity index (χ0v) is 17.2. The van der Waals surface area contributed by atoms with E-state index in [9.17, 15) is 9.18 Å². The van der Waals surface area contributed by atoms with Crippen LogP contribution in [0.5, 0.6) is 0 Å². The van der Waals surface area contributed by atoms with E-state index < -0.39 is 0 Å². The molecule has 3 aliphatic rings. The number of ether oxygens (including phenoxy) is 1. The van der Waals surface area contributed by atoms with Crippen molar-refractivity contribution in [2.24, 2.45) is 23.5 Å². The number of nitrogens with two attached hydrogens (primary N) is 1. The summed E-state index contributed by atoms with van der Waals surface area (Å²) in [5.41, 5.74) is 7.30. The van der Waals surface area contributed by atoms with Crippen LogP contribution in [0.25, 0.3) is 0 Å². The molecule has 1 saturated heterocycles. The van der Waals surface area contributed by atoms with Crippen molar-refractivity contribution >= 4 is 18.3 Å². The average molecular weight is 411 g/mol. The summed E-state index contributed by atoms with van der Waals surface area (Å²) < 4.78 is 18.9. The number of amides is 1. The van der Waals surface area contributed by atoms with Crippen LogP contribution in [0.1, 0.15) is 50.5 Å². The van der Waals surface area contributed by atoms with Gasteiger partial charge in [-0.1, -0.05) is 18.6 Å². The maximum atomic E-state index is 13.4. The molecule has 3 N–H and O–H groups in total. The standard InChI is InChI=1S/C22H31FN2O2.ClH/c23-19-6-4-18(5-7-19)22(8-10-27-11-9-22)14-25-21(26)17-12-15-2-1-3-16(13-17)20(15)24;/h4-7,15-17,20H,1-3,8-14,24H2,(H,25,26);1H. The van der Waals surface area contributed by atoms with Gasteiger partial charge in [0.05, 0.1) is 0 Å². The molecule has 1 heterocycles. The Morgan fingerprint density at radius 3 is 2.36 bits per heavy atom. The summed E-state index contributed by atoms with van der Waals surface area (Å²) in [7, 11) is 0. The van der Waals surface area contributed by atoms with Gasteiger partial charge in [-0.05, 0) is 68.1 Å². The Kier molecular flexibility index (Phi) is 7.00. The molecule has 2 unspecified atom stereocenters. The lowest BCUT2D eigenvalue weighted by Gasteiger charge is -2.44. The van der Waals surface area contributed by atoms with Crippen LogP contribution in [0.15, 0.2) is 24.3 Å². The van der Waals surface area contributed by atoms with Gasteiger partial charge in [0.1, 0.15) is 5.82 Å². The van der Waals surface area contributed by atoms with E-state index in [4.69, 9.17) is 10.5 Å². The number of benzene rings is 1. The molecule has 1 aliphatic heterocycles. The molecule has 2 saturated carbocycles. The largest absolute Gasteiger partial charge is 0.381 e. The Morgan fingerprint density at radius 2 is 1.75 bits per heavy atom. The van der Waals surface area contributed by atoms with E-state index in [-0.39, 0.29) is 41.5 Å². The predicted molar refractivity (Wildman–Crippen MR) is 110 cm³/mol. The second-order valence-electron chi connectivity index (χ2n) is 8.81. The second-order valence-corrected chi connectivity index (χ2v) is 8.81. The topological polar surface area (TPSA) is 64.4 Å². The third-order valence-corrected chi connectivity index (χ3v) is 7.29. The molecule has 2 bridgehead atoms. The Labute approximate surface area is 173 Å². The highest BCUT2D eigenvalue weighted by atomic mass is 35.5. The summed E-state index contributed by atoms with van der Waals surface area (Å²) >= 11 is 0. The van der Waals surface area contributed by atoms with Crippen LogP contribution >= 0.6 is 12.4 Å². The van der Waals surface area contributed by atoms with E-state index >= 15 is 0 Å². The smallest absolute Gasteiger partial charge is 0.223 e. The number of carbonyl (C=O) groups excluding carboxylic acids is 1. The number of rotatable bonds is 4. The van der Waals surface area contributed by atoms with Crippen molar-refractivity contribution < 1.29 is 13.9 Å². The van der Waals surface area contributed by atoms with Crippen LogP contribution < -0.4 is 11.1 Å². The SMILES string of the molecule is Cl.NC1C2CCCC1CC(C(=O)NCC1(c3ccc(F)cc3)CCOCC1)C2. The number of nitrogens with one attached hydrogen (secondary N) is 1. The molecule has 1 aromatic carbocycles. The monoisotopic (exact) mass is 410 g/mol. The van der Waals surface area contributed by atoms with Crippen molar-refractivity contribution in [2.45, 2.75) is 56.4 Å². The van der Waals surface area contributed by atoms with Crippen molar-refractivity contribution in [3.8, 4) is 0 Å². The molecule has 1 aromatic rings. The van der Waals surface area contributed by atoms with Gasteiger partial charge in [-0.25, -0.2) is 4.39 Å². The molecule has 6 heteroatoms. The summed E-state index contributed by atoms with van der Waals surface area (Å²) in [4.78, 5) is 13.0. The van der Waals surface area contributed by atoms with Crippen LogP contribution in [-0.4, -0.2) is 31.7 Å². The molecule has 0 radical (unpaired) electrons. The molecule has 4 nitrogen and oxygen atoms in total. The van der Waals surface area contributed by atoms with Crippen molar-refractivity contribution in [3.05, 3.63) is 35.6 Å². The fourth-order valence-corrected chi connectivity index (χ4v) is 5.54. The number of halogens is 2. The van der Waals surface area contributed by atoms with E-state index in [1.807, 2.05) is 12.1 Å². The maximum absolute atomic E-state index is 13.4. The first-order valence-electron chi connectivity index (χ1n) is 10.4. The third kappa shape index (κ3) is 4.37. The lowest BCUT2D eigenvalue weighted by Crippen LogP contribution is -2.51. The number of fused-ring (bicyclic) bond motifs is 2. The summed E-state index contributed by atoms with van der Waals surface area (Å²) in [5, 5.41) is 3.25. The Hall–Kier alpha value is -1.17. The lowest BCUT2D eigenvalue weighted by atomic mass is 9.65. The highest BCUT2D eigenvalue weighted by Crippen LogP contribution is 2.42. The molecule has 0 aromatic heterocycles. The maximum Gasteiger partial charge on any atom is 0.223 e. The zero-order valence-electron chi connectivity index (χ0n) is 16.4. The highest BCUT2D eigenvalue weighted by Gasteiger charge is 2.41. The van der Waals surface area contributed by atoms with Gasteiger partial charge in [-0.3, -0.25) is 4.79 Å². The van der Waals surface area contributed by atoms with Crippen LogP contribution in [-0.2, 0) is 14.9 Å².